The van der Waals surface area contributed by atoms with Gasteiger partial charge in [-0.15, -0.1) is 4.40 Å². The molecule has 2 heterocycles. The molecule has 0 unspecified atom stereocenters. The quantitative estimate of drug-likeness (QED) is 0.845. The zero-order chi connectivity index (χ0) is 19.8. The van der Waals surface area contributed by atoms with Crippen molar-refractivity contribution in [2.45, 2.75) is 32.6 Å². The Hall–Kier alpha value is -2.61. The fourth-order valence-corrected chi connectivity index (χ4v) is 4.03. The van der Waals surface area contributed by atoms with Gasteiger partial charge in [0.05, 0.1) is 17.5 Å². The van der Waals surface area contributed by atoms with Crippen molar-refractivity contribution in [1.82, 2.24) is 0 Å². The summed E-state index contributed by atoms with van der Waals surface area (Å²) < 4.78 is 34.8. The minimum atomic E-state index is -3.91. The van der Waals surface area contributed by atoms with Crippen molar-refractivity contribution in [3.05, 3.63) is 42.4 Å². The van der Waals surface area contributed by atoms with Crippen LogP contribution < -0.4 is 10.2 Å². The maximum atomic E-state index is 12.8. The van der Waals surface area contributed by atoms with Crippen LogP contribution in [0, 0.1) is 11.8 Å². The van der Waals surface area contributed by atoms with E-state index in [2.05, 4.69) is 9.71 Å². The number of hydrogen-bond acceptors (Lipinski definition) is 5. The fraction of sp³-hybridized carbons (Fsp3) is 0.368. The van der Waals surface area contributed by atoms with Crippen LogP contribution in [0.1, 0.15) is 33.3 Å². The van der Waals surface area contributed by atoms with Gasteiger partial charge in [-0.05, 0) is 30.2 Å². The first-order valence-corrected chi connectivity index (χ1v) is 10.2. The fourth-order valence-electron chi connectivity index (χ4n) is 2.78. The molecule has 27 heavy (non-hydrogen) atoms. The molecule has 2 aromatic rings. The van der Waals surface area contributed by atoms with Crippen LogP contribution in [0.3, 0.4) is 0 Å². The Morgan fingerprint density at radius 2 is 1.96 bits per heavy atom. The van der Waals surface area contributed by atoms with Gasteiger partial charge in [0.15, 0.2) is 5.84 Å². The zero-order valence-corrected chi connectivity index (χ0v) is 16.6. The highest BCUT2D eigenvalue weighted by atomic mass is 32.2. The lowest BCUT2D eigenvalue weighted by molar-refractivity contribution is -0.118. The number of amidine groups is 1. The molecule has 7 nitrogen and oxygen atoms in total. The normalized spacial score (nSPS) is 15.6. The van der Waals surface area contributed by atoms with Crippen molar-refractivity contribution < 1.29 is 17.6 Å². The van der Waals surface area contributed by atoms with Crippen LogP contribution in [0.4, 0.5) is 11.4 Å². The molecule has 0 saturated heterocycles. The van der Waals surface area contributed by atoms with Gasteiger partial charge in [-0.2, -0.15) is 8.42 Å². The molecule has 1 N–H and O–H groups in total. The Morgan fingerprint density at radius 3 is 2.56 bits per heavy atom. The largest absolute Gasteiger partial charge is 0.472 e. The number of carbonyl (C=O) groups excluding carboxylic acids is 1. The first kappa shape index (κ1) is 19.2. The molecule has 1 amide bonds. The summed E-state index contributed by atoms with van der Waals surface area (Å²) in [7, 11) is -3.91. The second-order valence-corrected chi connectivity index (χ2v) is 8.81. The Labute approximate surface area is 159 Å². The standard InChI is InChI=1S/C19H23N3O4S/c1-12(2)10-22-16-6-5-15(20-19(23)13(3)4)9-17(16)27(24,25)21-18(22)14-7-8-26-11-14/h5-9,11-13H,10H2,1-4H3,(H,20,23). The second kappa shape index (κ2) is 7.19. The number of amides is 1. The Morgan fingerprint density at radius 1 is 1.22 bits per heavy atom. The number of rotatable bonds is 5. The summed E-state index contributed by atoms with van der Waals surface area (Å²) in [6.45, 7) is 8.23. The van der Waals surface area contributed by atoms with Crippen LogP contribution in [0.2, 0.25) is 0 Å². The van der Waals surface area contributed by atoms with E-state index in [1.807, 2.05) is 18.7 Å². The van der Waals surface area contributed by atoms with Crippen LogP contribution in [0.25, 0.3) is 0 Å². The third-order valence-electron chi connectivity index (χ3n) is 4.11. The highest BCUT2D eigenvalue weighted by molar-refractivity contribution is 7.90. The summed E-state index contributed by atoms with van der Waals surface area (Å²) in [6.07, 6.45) is 2.96. The molecule has 0 bridgehead atoms. The van der Waals surface area contributed by atoms with Gasteiger partial charge in [-0.3, -0.25) is 4.79 Å². The number of hydrogen-bond donors (Lipinski definition) is 1. The van der Waals surface area contributed by atoms with Gasteiger partial charge >= 0.3 is 0 Å². The maximum absolute atomic E-state index is 12.8. The Bertz CT molecular complexity index is 976. The molecular formula is C19H23N3O4S. The van der Waals surface area contributed by atoms with Gasteiger partial charge in [0.2, 0.25) is 5.91 Å². The predicted octanol–water partition coefficient (Wildman–Crippen LogP) is 3.49. The number of carbonyl (C=O) groups is 1. The number of fused-ring (bicyclic) bond motifs is 1. The van der Waals surface area contributed by atoms with Gasteiger partial charge < -0.3 is 14.6 Å². The van der Waals surface area contributed by atoms with Gasteiger partial charge in [-0.25, -0.2) is 0 Å². The second-order valence-electron chi connectivity index (χ2n) is 7.23. The summed E-state index contributed by atoms with van der Waals surface area (Å²) in [5, 5.41) is 2.74. The molecule has 0 radical (unpaired) electrons. The number of furan rings is 1. The smallest absolute Gasteiger partial charge is 0.286 e. The number of nitrogens with zero attached hydrogens (tertiary/aromatic N) is 2. The lowest BCUT2D eigenvalue weighted by Gasteiger charge is -2.32. The topological polar surface area (TPSA) is 92.0 Å². The average Bonchev–Trinajstić information content (AvgIpc) is 3.11. The van der Waals surface area contributed by atoms with Crippen LogP contribution in [-0.4, -0.2) is 26.7 Å². The first-order chi connectivity index (χ1) is 12.7. The van der Waals surface area contributed by atoms with E-state index in [1.54, 1.807) is 32.0 Å². The van der Waals surface area contributed by atoms with Crippen molar-refractivity contribution in [2.24, 2.45) is 16.2 Å². The lowest BCUT2D eigenvalue weighted by atomic mass is 10.1. The maximum Gasteiger partial charge on any atom is 0.286 e. The van der Waals surface area contributed by atoms with Crippen molar-refractivity contribution in [2.75, 3.05) is 16.8 Å². The summed E-state index contributed by atoms with van der Waals surface area (Å²) in [5.74, 6) is 0.227. The molecule has 8 heteroatoms. The highest BCUT2D eigenvalue weighted by Gasteiger charge is 2.32. The van der Waals surface area contributed by atoms with E-state index in [0.717, 1.165) is 0 Å². The summed E-state index contributed by atoms with van der Waals surface area (Å²) >= 11 is 0. The SMILES string of the molecule is CC(C)CN1C(c2ccoc2)=NS(=O)(=O)c2cc(NC(=O)C(C)C)ccc21. The lowest BCUT2D eigenvalue weighted by Crippen LogP contribution is -2.38. The molecule has 1 aromatic carbocycles. The molecule has 0 fully saturated rings. The Balaban J connectivity index is 2.10. The van der Waals surface area contributed by atoms with Gasteiger partial charge in [0, 0.05) is 18.2 Å². The number of nitrogens with one attached hydrogen (secondary N) is 1. The summed E-state index contributed by atoms with van der Waals surface area (Å²) in [4.78, 5) is 13.9. The van der Waals surface area contributed by atoms with Gasteiger partial charge in [-0.1, -0.05) is 27.7 Å². The van der Waals surface area contributed by atoms with E-state index < -0.39 is 10.0 Å². The van der Waals surface area contributed by atoms with Crippen LogP contribution in [0.15, 0.2) is 50.5 Å². The molecule has 0 atom stereocenters. The van der Waals surface area contributed by atoms with Crippen molar-refractivity contribution in [1.29, 1.82) is 0 Å². The van der Waals surface area contributed by atoms with E-state index in [4.69, 9.17) is 4.42 Å². The van der Waals surface area contributed by atoms with Crippen LogP contribution >= 0.6 is 0 Å². The zero-order valence-electron chi connectivity index (χ0n) is 15.8. The molecule has 144 valence electrons. The van der Waals surface area contributed by atoms with E-state index in [-0.39, 0.29) is 22.6 Å². The van der Waals surface area contributed by atoms with Crippen molar-refractivity contribution in [3.8, 4) is 0 Å². The van der Waals surface area contributed by atoms with Crippen molar-refractivity contribution in [3.63, 3.8) is 0 Å². The molecular weight excluding hydrogens is 366 g/mol. The van der Waals surface area contributed by atoms with Crippen LogP contribution in [0.5, 0.6) is 0 Å². The molecule has 1 aliphatic heterocycles. The summed E-state index contributed by atoms with van der Waals surface area (Å²) in [5.41, 5.74) is 1.57. The van der Waals surface area contributed by atoms with Crippen molar-refractivity contribution >= 4 is 33.1 Å². The predicted molar refractivity (Wildman–Crippen MR) is 105 cm³/mol. The third-order valence-corrected chi connectivity index (χ3v) is 5.41. The molecule has 0 spiro atoms. The van der Waals surface area contributed by atoms with Crippen LogP contribution in [-0.2, 0) is 14.8 Å². The van der Waals surface area contributed by atoms with Gasteiger partial charge in [0.25, 0.3) is 10.0 Å². The minimum Gasteiger partial charge on any atom is -0.472 e. The van der Waals surface area contributed by atoms with E-state index >= 15 is 0 Å². The first-order valence-electron chi connectivity index (χ1n) is 8.79. The van der Waals surface area contributed by atoms with E-state index in [1.165, 1.54) is 18.6 Å². The minimum absolute atomic E-state index is 0.0805. The summed E-state index contributed by atoms with van der Waals surface area (Å²) in [6, 6.07) is 6.57. The number of sulfonamides is 1. The van der Waals surface area contributed by atoms with Gasteiger partial charge in [0.1, 0.15) is 11.2 Å². The average molecular weight is 389 g/mol. The van der Waals surface area contributed by atoms with E-state index in [0.29, 0.717) is 29.3 Å². The number of anilines is 2. The third kappa shape index (κ3) is 3.90. The monoisotopic (exact) mass is 389 g/mol. The van der Waals surface area contributed by atoms with E-state index in [9.17, 15) is 13.2 Å². The Kier molecular flexibility index (Phi) is 5.10. The molecule has 0 aliphatic carbocycles. The molecule has 3 rings (SSSR count). The highest BCUT2D eigenvalue weighted by Crippen LogP contribution is 2.35. The number of benzene rings is 1. The molecule has 1 aliphatic rings. The molecule has 1 aromatic heterocycles. The molecule has 0 saturated carbocycles.